The van der Waals surface area contributed by atoms with Crippen molar-refractivity contribution in [3.63, 3.8) is 0 Å². The third-order valence-electron chi connectivity index (χ3n) is 3.90. The SMILES string of the molecule is C=CCN1C(=O)/C(=C\c2ccc(OS(=O)(=O)c3ccccc3[N+](=O)[O-])cc2)SC1=S. The number of hydrogen-bond acceptors (Lipinski definition) is 8. The van der Waals surface area contributed by atoms with Gasteiger partial charge < -0.3 is 4.18 Å². The lowest BCUT2D eigenvalue weighted by atomic mass is 10.2. The Morgan fingerprint density at radius 2 is 1.87 bits per heavy atom. The second kappa shape index (κ2) is 8.78. The molecule has 1 heterocycles. The zero-order valence-corrected chi connectivity index (χ0v) is 17.7. The number of hydrogen-bond donors (Lipinski definition) is 0. The number of rotatable bonds is 7. The fraction of sp³-hybridized carbons (Fsp3) is 0.0526. The van der Waals surface area contributed by atoms with E-state index >= 15 is 0 Å². The lowest BCUT2D eigenvalue weighted by molar-refractivity contribution is -0.387. The topological polar surface area (TPSA) is 107 Å². The molecule has 1 amide bonds. The van der Waals surface area contributed by atoms with Crippen LogP contribution in [0.3, 0.4) is 0 Å². The normalized spacial score (nSPS) is 15.5. The Balaban J connectivity index is 1.80. The van der Waals surface area contributed by atoms with E-state index in [0.717, 1.165) is 23.9 Å². The van der Waals surface area contributed by atoms with Crippen molar-refractivity contribution in [3.05, 3.63) is 81.8 Å². The number of nitro groups is 1. The molecule has 0 N–H and O–H groups in total. The van der Waals surface area contributed by atoms with Gasteiger partial charge in [0.25, 0.3) is 11.6 Å². The zero-order chi connectivity index (χ0) is 21.9. The predicted molar refractivity (Wildman–Crippen MR) is 117 cm³/mol. The second-order valence-electron chi connectivity index (χ2n) is 5.91. The Bertz CT molecular complexity index is 1170. The van der Waals surface area contributed by atoms with Crippen LogP contribution in [0.15, 0.2) is 71.0 Å². The van der Waals surface area contributed by atoms with Gasteiger partial charge in [0, 0.05) is 12.6 Å². The van der Waals surface area contributed by atoms with Gasteiger partial charge >= 0.3 is 10.1 Å². The second-order valence-corrected chi connectivity index (χ2v) is 9.10. The lowest BCUT2D eigenvalue weighted by Gasteiger charge is -2.10. The predicted octanol–water partition coefficient (Wildman–Crippen LogP) is 3.75. The van der Waals surface area contributed by atoms with Gasteiger partial charge in [-0.2, -0.15) is 8.42 Å². The standard InChI is InChI=1S/C19H14N2O6S3/c1-2-11-20-18(22)16(29-19(20)28)12-13-7-9-14(10-8-13)27-30(25,26)17-6-4-3-5-15(17)21(23)24/h2-10,12H,1,11H2/b16-12+. The molecule has 0 atom stereocenters. The summed E-state index contributed by atoms with van der Waals surface area (Å²) in [6.07, 6.45) is 3.21. The summed E-state index contributed by atoms with van der Waals surface area (Å²) in [6.45, 7) is 3.91. The van der Waals surface area contributed by atoms with Crippen molar-refractivity contribution >= 4 is 56.1 Å². The van der Waals surface area contributed by atoms with Gasteiger partial charge in [-0.25, -0.2) is 0 Å². The summed E-state index contributed by atoms with van der Waals surface area (Å²) in [4.78, 5) is 24.0. The first-order valence-electron chi connectivity index (χ1n) is 8.37. The number of carbonyl (C=O) groups excluding carboxylic acids is 1. The van der Waals surface area contributed by atoms with Crippen LogP contribution in [-0.2, 0) is 14.9 Å². The van der Waals surface area contributed by atoms with Gasteiger partial charge in [-0.15, -0.1) is 6.58 Å². The molecular weight excluding hydrogens is 448 g/mol. The molecule has 0 aromatic heterocycles. The number of para-hydroxylation sites is 1. The first-order chi connectivity index (χ1) is 14.2. The Kier molecular flexibility index (Phi) is 6.34. The summed E-state index contributed by atoms with van der Waals surface area (Å²) in [5.74, 6) is -0.256. The highest BCUT2D eigenvalue weighted by Gasteiger charge is 2.31. The average Bonchev–Trinajstić information content (AvgIpc) is 2.97. The zero-order valence-electron chi connectivity index (χ0n) is 15.3. The molecule has 1 aliphatic rings. The fourth-order valence-electron chi connectivity index (χ4n) is 2.55. The molecule has 0 saturated carbocycles. The van der Waals surface area contributed by atoms with Gasteiger partial charge in [-0.1, -0.05) is 54.3 Å². The molecule has 1 fully saturated rings. The fourth-order valence-corrected chi connectivity index (χ4v) is 4.92. The van der Waals surface area contributed by atoms with Crippen molar-refractivity contribution in [1.29, 1.82) is 0 Å². The highest BCUT2D eigenvalue weighted by atomic mass is 32.2. The highest BCUT2D eigenvalue weighted by molar-refractivity contribution is 8.26. The van der Waals surface area contributed by atoms with Crippen LogP contribution in [0.4, 0.5) is 5.69 Å². The molecule has 8 nitrogen and oxygen atoms in total. The molecule has 0 unspecified atom stereocenters. The van der Waals surface area contributed by atoms with Gasteiger partial charge in [0.2, 0.25) is 0 Å². The highest BCUT2D eigenvalue weighted by Crippen LogP contribution is 2.33. The summed E-state index contributed by atoms with van der Waals surface area (Å²) in [6, 6.07) is 10.8. The number of nitrogens with zero attached hydrogens (tertiary/aromatic N) is 2. The van der Waals surface area contributed by atoms with E-state index in [0.29, 0.717) is 21.3 Å². The third-order valence-corrected chi connectivity index (χ3v) is 6.57. The van der Waals surface area contributed by atoms with Crippen LogP contribution in [0, 0.1) is 10.1 Å². The molecule has 2 aromatic carbocycles. The minimum Gasteiger partial charge on any atom is -0.379 e. The molecule has 154 valence electrons. The Hall–Kier alpha value is -3.02. The molecule has 1 aliphatic heterocycles. The van der Waals surface area contributed by atoms with Crippen LogP contribution in [0.2, 0.25) is 0 Å². The van der Waals surface area contributed by atoms with Gasteiger partial charge in [-0.3, -0.25) is 19.8 Å². The van der Waals surface area contributed by atoms with Gasteiger partial charge in [0.1, 0.15) is 10.1 Å². The van der Waals surface area contributed by atoms with E-state index in [1.165, 1.54) is 29.2 Å². The van der Waals surface area contributed by atoms with Crippen LogP contribution in [-0.4, -0.2) is 35.0 Å². The lowest BCUT2D eigenvalue weighted by Crippen LogP contribution is -2.27. The van der Waals surface area contributed by atoms with Crippen LogP contribution >= 0.6 is 24.0 Å². The van der Waals surface area contributed by atoms with Crippen LogP contribution in [0.5, 0.6) is 5.75 Å². The van der Waals surface area contributed by atoms with E-state index in [9.17, 15) is 23.3 Å². The van der Waals surface area contributed by atoms with Crippen molar-refractivity contribution in [2.24, 2.45) is 0 Å². The van der Waals surface area contributed by atoms with E-state index in [1.807, 2.05) is 0 Å². The van der Waals surface area contributed by atoms with Crippen molar-refractivity contribution in [3.8, 4) is 5.75 Å². The molecule has 0 bridgehead atoms. The van der Waals surface area contributed by atoms with Gasteiger partial charge in [0.05, 0.1) is 9.83 Å². The van der Waals surface area contributed by atoms with Gasteiger partial charge in [0.15, 0.2) is 4.90 Å². The summed E-state index contributed by atoms with van der Waals surface area (Å²) < 4.78 is 30.4. The largest absolute Gasteiger partial charge is 0.379 e. The number of carbonyl (C=O) groups is 1. The van der Waals surface area contributed by atoms with Crippen LogP contribution in [0.25, 0.3) is 6.08 Å². The quantitative estimate of drug-likeness (QED) is 0.153. The number of thioether (sulfide) groups is 1. The number of thiocarbonyl (C=S) groups is 1. The van der Waals surface area contributed by atoms with Gasteiger partial charge in [-0.05, 0) is 29.8 Å². The summed E-state index contributed by atoms with van der Waals surface area (Å²) in [7, 11) is -4.40. The summed E-state index contributed by atoms with van der Waals surface area (Å²) >= 11 is 6.34. The molecule has 3 rings (SSSR count). The van der Waals surface area contributed by atoms with Crippen molar-refractivity contribution in [2.75, 3.05) is 6.54 Å². The molecule has 11 heteroatoms. The molecule has 0 radical (unpaired) electrons. The molecule has 1 saturated heterocycles. The monoisotopic (exact) mass is 462 g/mol. The Morgan fingerprint density at radius 1 is 1.20 bits per heavy atom. The number of amides is 1. The first kappa shape index (κ1) is 21.7. The van der Waals surface area contributed by atoms with E-state index in [1.54, 1.807) is 24.3 Å². The molecule has 2 aromatic rings. The Morgan fingerprint density at radius 3 is 2.50 bits per heavy atom. The minimum absolute atomic E-state index is 0.0236. The minimum atomic E-state index is -4.40. The maximum atomic E-state index is 12.5. The van der Waals surface area contributed by atoms with Crippen molar-refractivity contribution in [2.45, 2.75) is 4.90 Å². The van der Waals surface area contributed by atoms with Crippen LogP contribution < -0.4 is 4.18 Å². The Labute approximate surface area is 182 Å². The molecular formula is C19H14N2O6S3. The van der Waals surface area contributed by atoms with E-state index in [2.05, 4.69) is 6.58 Å². The van der Waals surface area contributed by atoms with E-state index < -0.39 is 25.6 Å². The molecule has 0 aliphatic carbocycles. The third kappa shape index (κ3) is 4.58. The first-order valence-corrected chi connectivity index (χ1v) is 11.0. The average molecular weight is 463 g/mol. The smallest absolute Gasteiger partial charge is 0.346 e. The molecule has 30 heavy (non-hydrogen) atoms. The van der Waals surface area contributed by atoms with Crippen molar-refractivity contribution in [1.82, 2.24) is 4.90 Å². The molecule has 0 spiro atoms. The summed E-state index contributed by atoms with van der Waals surface area (Å²) in [5.41, 5.74) is 0.0558. The van der Waals surface area contributed by atoms with Crippen molar-refractivity contribution < 1.29 is 22.3 Å². The maximum Gasteiger partial charge on any atom is 0.346 e. The maximum absolute atomic E-state index is 12.5. The van der Waals surface area contributed by atoms with E-state index in [-0.39, 0.29) is 11.7 Å². The van der Waals surface area contributed by atoms with Crippen LogP contribution in [0.1, 0.15) is 5.56 Å². The number of benzene rings is 2. The number of nitro benzene ring substituents is 1. The summed E-state index contributed by atoms with van der Waals surface area (Å²) in [5, 5.41) is 11.1. The van der Waals surface area contributed by atoms with E-state index in [4.69, 9.17) is 16.4 Å².